The van der Waals surface area contributed by atoms with Gasteiger partial charge in [-0.2, -0.15) is 0 Å². The van der Waals surface area contributed by atoms with Gasteiger partial charge in [-0.3, -0.25) is 4.90 Å². The van der Waals surface area contributed by atoms with Crippen LogP contribution in [0.5, 0.6) is 5.75 Å². The molecular weight excluding hydrogens is 248 g/mol. The maximum absolute atomic E-state index is 5.52. The zero-order valence-corrected chi connectivity index (χ0v) is 13.3. The molecule has 1 aromatic rings. The van der Waals surface area contributed by atoms with Crippen molar-refractivity contribution in [2.24, 2.45) is 0 Å². The molecule has 0 bridgehead atoms. The average molecular weight is 276 g/mol. The fraction of sp³-hybridized carbons (Fsp3) is 0.647. The molecule has 1 aliphatic heterocycles. The fourth-order valence-corrected chi connectivity index (χ4v) is 2.83. The quantitative estimate of drug-likeness (QED) is 0.863. The molecule has 1 saturated heterocycles. The lowest BCUT2D eigenvalue weighted by atomic mass is 10.1. The van der Waals surface area contributed by atoms with E-state index in [4.69, 9.17) is 4.74 Å². The number of methoxy groups -OCH3 is 1. The highest BCUT2D eigenvalue weighted by molar-refractivity contribution is 5.37. The Labute approximate surface area is 123 Å². The van der Waals surface area contributed by atoms with Crippen LogP contribution in [-0.4, -0.2) is 30.6 Å². The lowest BCUT2D eigenvalue weighted by Gasteiger charge is -2.22. The van der Waals surface area contributed by atoms with Gasteiger partial charge in [-0.25, -0.2) is 0 Å². The highest BCUT2D eigenvalue weighted by atomic mass is 16.5. The van der Waals surface area contributed by atoms with Crippen molar-refractivity contribution in [1.82, 2.24) is 10.2 Å². The summed E-state index contributed by atoms with van der Waals surface area (Å²) in [6, 6.07) is 7.76. The molecule has 1 atom stereocenters. The van der Waals surface area contributed by atoms with E-state index in [1.54, 1.807) is 7.11 Å². The first-order chi connectivity index (χ1) is 9.60. The molecular formula is C17H28N2O. The largest absolute Gasteiger partial charge is 0.496 e. The van der Waals surface area contributed by atoms with Gasteiger partial charge < -0.3 is 10.1 Å². The van der Waals surface area contributed by atoms with Crippen LogP contribution in [-0.2, 0) is 13.1 Å². The molecule has 0 amide bonds. The van der Waals surface area contributed by atoms with Gasteiger partial charge in [-0.05, 0) is 44.0 Å². The minimum atomic E-state index is 0.513. The number of rotatable bonds is 6. The van der Waals surface area contributed by atoms with Gasteiger partial charge in [0.25, 0.3) is 0 Å². The maximum atomic E-state index is 5.52. The van der Waals surface area contributed by atoms with Crippen LogP contribution in [0.15, 0.2) is 18.2 Å². The average Bonchev–Trinajstić information content (AvgIpc) is 2.82. The second-order valence-electron chi connectivity index (χ2n) is 6.14. The van der Waals surface area contributed by atoms with Gasteiger partial charge >= 0.3 is 0 Å². The number of nitrogens with one attached hydrogen (secondary N) is 1. The number of nitrogens with zero attached hydrogens (tertiary/aromatic N) is 1. The van der Waals surface area contributed by atoms with Crippen LogP contribution in [0.4, 0.5) is 0 Å². The van der Waals surface area contributed by atoms with Crippen LogP contribution in [0.2, 0.25) is 0 Å². The van der Waals surface area contributed by atoms with Gasteiger partial charge in [0.05, 0.1) is 7.11 Å². The van der Waals surface area contributed by atoms with E-state index in [1.165, 1.54) is 30.5 Å². The van der Waals surface area contributed by atoms with Crippen molar-refractivity contribution in [3.05, 3.63) is 29.3 Å². The SMILES string of the molecule is COc1ccc(CNC(C)C)cc1CN1CCCC1C. The zero-order valence-electron chi connectivity index (χ0n) is 13.3. The molecule has 2 rings (SSSR count). The van der Waals surface area contributed by atoms with E-state index in [-0.39, 0.29) is 0 Å². The third kappa shape index (κ3) is 3.97. The Morgan fingerprint density at radius 3 is 2.80 bits per heavy atom. The molecule has 112 valence electrons. The lowest BCUT2D eigenvalue weighted by molar-refractivity contribution is 0.256. The fourth-order valence-electron chi connectivity index (χ4n) is 2.83. The minimum absolute atomic E-state index is 0.513. The maximum Gasteiger partial charge on any atom is 0.123 e. The number of ether oxygens (including phenoxy) is 1. The summed E-state index contributed by atoms with van der Waals surface area (Å²) in [5.74, 6) is 1.01. The standard InChI is InChI=1S/C17H28N2O/c1-13(2)18-11-15-7-8-17(20-4)16(10-15)12-19-9-5-6-14(19)3/h7-8,10,13-14,18H,5-6,9,11-12H2,1-4H3. The Morgan fingerprint density at radius 2 is 2.20 bits per heavy atom. The molecule has 3 nitrogen and oxygen atoms in total. The molecule has 1 N–H and O–H groups in total. The molecule has 0 aliphatic carbocycles. The van der Waals surface area contributed by atoms with Gasteiger partial charge in [0.15, 0.2) is 0 Å². The van der Waals surface area contributed by atoms with Crippen molar-refractivity contribution in [1.29, 1.82) is 0 Å². The highest BCUT2D eigenvalue weighted by Gasteiger charge is 2.21. The van der Waals surface area contributed by atoms with Crippen molar-refractivity contribution in [2.75, 3.05) is 13.7 Å². The van der Waals surface area contributed by atoms with Gasteiger partial charge in [0.1, 0.15) is 5.75 Å². The van der Waals surface area contributed by atoms with E-state index in [9.17, 15) is 0 Å². The first-order valence-electron chi connectivity index (χ1n) is 7.73. The number of likely N-dealkylation sites (tertiary alicyclic amines) is 1. The topological polar surface area (TPSA) is 24.5 Å². The zero-order chi connectivity index (χ0) is 14.5. The van der Waals surface area contributed by atoms with Gasteiger partial charge in [-0.15, -0.1) is 0 Å². The Bertz CT molecular complexity index is 431. The highest BCUT2D eigenvalue weighted by Crippen LogP contribution is 2.25. The lowest BCUT2D eigenvalue weighted by Crippen LogP contribution is -2.26. The smallest absolute Gasteiger partial charge is 0.123 e. The Kier molecular flexibility index (Phi) is 5.44. The molecule has 0 saturated carbocycles. The number of hydrogen-bond acceptors (Lipinski definition) is 3. The molecule has 3 heteroatoms. The molecule has 0 radical (unpaired) electrons. The van der Waals surface area contributed by atoms with E-state index in [0.717, 1.165) is 18.8 Å². The summed E-state index contributed by atoms with van der Waals surface area (Å²) in [6.07, 6.45) is 2.63. The summed E-state index contributed by atoms with van der Waals surface area (Å²) in [5, 5.41) is 3.47. The van der Waals surface area contributed by atoms with Crippen molar-refractivity contribution in [3.63, 3.8) is 0 Å². The summed E-state index contributed by atoms with van der Waals surface area (Å²) in [6.45, 7) is 9.80. The number of benzene rings is 1. The van der Waals surface area contributed by atoms with Crippen LogP contribution in [0, 0.1) is 0 Å². The third-order valence-electron chi connectivity index (χ3n) is 4.12. The van der Waals surface area contributed by atoms with E-state index in [1.807, 2.05) is 0 Å². The normalized spacial score (nSPS) is 19.8. The van der Waals surface area contributed by atoms with E-state index in [0.29, 0.717) is 12.1 Å². The number of hydrogen-bond donors (Lipinski definition) is 1. The predicted molar refractivity (Wildman–Crippen MR) is 84.1 cm³/mol. The van der Waals surface area contributed by atoms with Crippen molar-refractivity contribution < 1.29 is 4.74 Å². The minimum Gasteiger partial charge on any atom is -0.496 e. The van der Waals surface area contributed by atoms with Crippen LogP contribution in [0.1, 0.15) is 44.7 Å². The van der Waals surface area contributed by atoms with Gasteiger partial charge in [-0.1, -0.05) is 19.9 Å². The third-order valence-corrected chi connectivity index (χ3v) is 4.12. The van der Waals surface area contributed by atoms with E-state index < -0.39 is 0 Å². The molecule has 1 aromatic carbocycles. The van der Waals surface area contributed by atoms with E-state index >= 15 is 0 Å². The first kappa shape index (κ1) is 15.3. The summed E-state index contributed by atoms with van der Waals surface area (Å²) < 4.78 is 5.52. The summed E-state index contributed by atoms with van der Waals surface area (Å²) in [4.78, 5) is 2.55. The molecule has 1 aliphatic rings. The second kappa shape index (κ2) is 7.09. The molecule has 1 heterocycles. The van der Waals surface area contributed by atoms with E-state index in [2.05, 4.69) is 49.2 Å². The molecule has 20 heavy (non-hydrogen) atoms. The molecule has 0 spiro atoms. The van der Waals surface area contributed by atoms with Crippen LogP contribution < -0.4 is 10.1 Å². The van der Waals surface area contributed by atoms with Crippen LogP contribution >= 0.6 is 0 Å². The Hall–Kier alpha value is -1.06. The van der Waals surface area contributed by atoms with Gasteiger partial charge in [0.2, 0.25) is 0 Å². The predicted octanol–water partition coefficient (Wildman–Crippen LogP) is 3.18. The first-order valence-corrected chi connectivity index (χ1v) is 7.73. The Morgan fingerprint density at radius 1 is 1.40 bits per heavy atom. The van der Waals surface area contributed by atoms with Crippen LogP contribution in [0.25, 0.3) is 0 Å². The van der Waals surface area contributed by atoms with Crippen molar-refractivity contribution >= 4 is 0 Å². The van der Waals surface area contributed by atoms with Crippen molar-refractivity contribution in [3.8, 4) is 5.75 Å². The van der Waals surface area contributed by atoms with Crippen molar-refractivity contribution in [2.45, 2.75) is 58.8 Å². The molecule has 1 unspecified atom stereocenters. The Balaban J connectivity index is 2.09. The monoisotopic (exact) mass is 276 g/mol. The molecule has 1 fully saturated rings. The summed E-state index contributed by atoms with van der Waals surface area (Å²) >= 11 is 0. The molecule has 0 aromatic heterocycles. The summed E-state index contributed by atoms with van der Waals surface area (Å²) in [5.41, 5.74) is 2.64. The van der Waals surface area contributed by atoms with Gasteiger partial charge in [0, 0.05) is 30.7 Å². The van der Waals surface area contributed by atoms with Crippen LogP contribution in [0.3, 0.4) is 0 Å². The second-order valence-corrected chi connectivity index (χ2v) is 6.14. The summed E-state index contributed by atoms with van der Waals surface area (Å²) in [7, 11) is 1.76.